The second kappa shape index (κ2) is 4.64. The Balaban J connectivity index is 3.03. The molecule has 0 heterocycles. The molecule has 0 unspecified atom stereocenters. The molecule has 1 rings (SSSR count). The van der Waals surface area contributed by atoms with Crippen molar-refractivity contribution in [2.75, 3.05) is 0 Å². The van der Waals surface area contributed by atoms with Crippen LogP contribution in [0.15, 0.2) is 18.2 Å². The van der Waals surface area contributed by atoms with Crippen LogP contribution in [0.2, 0.25) is 0 Å². The molecule has 0 aromatic heterocycles. The summed E-state index contributed by atoms with van der Waals surface area (Å²) in [4.78, 5) is 11.0. The Labute approximate surface area is 105 Å². The fourth-order valence-corrected chi connectivity index (χ4v) is 1.89. The zero-order valence-electron chi connectivity index (χ0n) is 11.9. The number of carbonyl (C=O) groups is 1. The molecule has 0 atom stereocenters. The van der Waals surface area contributed by atoms with Gasteiger partial charge in [-0.3, -0.25) is 0 Å². The molecule has 0 bridgehead atoms. The van der Waals surface area contributed by atoms with E-state index >= 15 is 0 Å². The van der Waals surface area contributed by atoms with Crippen molar-refractivity contribution in [1.29, 1.82) is 0 Å². The van der Waals surface area contributed by atoms with Crippen LogP contribution in [0.5, 0.6) is 0 Å². The Morgan fingerprint density at radius 2 is 1.71 bits per heavy atom. The summed E-state index contributed by atoms with van der Waals surface area (Å²) in [7, 11) is 0. The number of hydrogen-bond donors (Lipinski definition) is 0. The topological polar surface area (TPSA) is 17.1 Å². The largest absolute Gasteiger partial charge is 0.303 e. The lowest BCUT2D eigenvalue weighted by molar-refractivity contribution is -0.114. The second-order valence-electron chi connectivity index (χ2n) is 6.67. The van der Waals surface area contributed by atoms with E-state index in [-0.39, 0.29) is 10.8 Å². The van der Waals surface area contributed by atoms with Gasteiger partial charge in [0.15, 0.2) is 0 Å². The molecule has 1 nitrogen and oxygen atoms in total. The predicted molar refractivity (Wildman–Crippen MR) is 73.4 cm³/mol. The predicted octanol–water partition coefficient (Wildman–Crippen LogP) is 4.06. The summed E-state index contributed by atoms with van der Waals surface area (Å²) in [5.74, 6) is 0. The lowest BCUT2D eigenvalue weighted by Gasteiger charge is -2.23. The molecule has 0 radical (unpaired) electrons. The molecule has 1 heteroatoms. The Morgan fingerprint density at radius 1 is 1.12 bits per heavy atom. The molecule has 0 aliphatic carbocycles. The summed E-state index contributed by atoms with van der Waals surface area (Å²) in [6.07, 6.45) is 1.86. The first-order valence-electron chi connectivity index (χ1n) is 6.22. The molecule has 0 saturated carbocycles. The van der Waals surface area contributed by atoms with Crippen molar-refractivity contribution in [3.63, 3.8) is 0 Å². The standard InChI is InChI=1S/C16H24O/c1-12-9-14(15(2,3)4)8-7-13(12)10-16(5,6)11-17/h7-9,11H,10H2,1-6H3. The molecule has 0 aliphatic heterocycles. The van der Waals surface area contributed by atoms with Gasteiger partial charge in [-0.25, -0.2) is 0 Å². The Morgan fingerprint density at radius 3 is 2.12 bits per heavy atom. The van der Waals surface area contributed by atoms with Crippen LogP contribution in [-0.4, -0.2) is 6.29 Å². The van der Waals surface area contributed by atoms with E-state index in [0.717, 1.165) is 12.7 Å². The van der Waals surface area contributed by atoms with Crippen LogP contribution in [0.3, 0.4) is 0 Å². The molecule has 0 fully saturated rings. The van der Waals surface area contributed by atoms with Gasteiger partial charge in [0.2, 0.25) is 0 Å². The van der Waals surface area contributed by atoms with E-state index in [1.165, 1.54) is 16.7 Å². The molecule has 0 spiro atoms. The first kappa shape index (κ1) is 14.0. The van der Waals surface area contributed by atoms with Crippen LogP contribution in [0.4, 0.5) is 0 Å². The van der Waals surface area contributed by atoms with Gasteiger partial charge in [-0.2, -0.15) is 0 Å². The monoisotopic (exact) mass is 232 g/mol. The number of aldehydes is 1. The lowest BCUT2D eigenvalue weighted by Crippen LogP contribution is -2.18. The fourth-order valence-electron chi connectivity index (χ4n) is 1.89. The highest BCUT2D eigenvalue weighted by Gasteiger charge is 2.20. The van der Waals surface area contributed by atoms with E-state index in [2.05, 4.69) is 45.9 Å². The van der Waals surface area contributed by atoms with Gasteiger partial charge < -0.3 is 4.79 Å². The number of hydrogen-bond acceptors (Lipinski definition) is 1. The third kappa shape index (κ3) is 3.69. The summed E-state index contributed by atoms with van der Waals surface area (Å²) in [5.41, 5.74) is 3.82. The van der Waals surface area contributed by atoms with Gasteiger partial charge in [0.1, 0.15) is 6.29 Å². The molecule has 17 heavy (non-hydrogen) atoms. The van der Waals surface area contributed by atoms with Gasteiger partial charge in [0.05, 0.1) is 0 Å². The highest BCUT2D eigenvalue weighted by Crippen LogP contribution is 2.27. The van der Waals surface area contributed by atoms with Gasteiger partial charge in [-0.05, 0) is 35.4 Å². The average molecular weight is 232 g/mol. The normalized spacial score (nSPS) is 12.6. The first-order valence-corrected chi connectivity index (χ1v) is 6.22. The molecule has 1 aromatic rings. The zero-order chi connectivity index (χ0) is 13.3. The third-order valence-corrected chi connectivity index (χ3v) is 3.17. The average Bonchev–Trinajstić information content (AvgIpc) is 2.19. The van der Waals surface area contributed by atoms with Crippen molar-refractivity contribution in [3.8, 4) is 0 Å². The number of carbonyl (C=O) groups excluding carboxylic acids is 1. The Hall–Kier alpha value is -1.11. The van der Waals surface area contributed by atoms with E-state index in [9.17, 15) is 4.79 Å². The highest BCUT2D eigenvalue weighted by molar-refractivity contribution is 5.59. The SMILES string of the molecule is Cc1cc(C(C)(C)C)ccc1CC(C)(C)C=O. The fraction of sp³-hybridized carbons (Fsp3) is 0.562. The summed E-state index contributed by atoms with van der Waals surface area (Å²) in [6.45, 7) is 12.8. The third-order valence-electron chi connectivity index (χ3n) is 3.17. The minimum absolute atomic E-state index is 0.184. The second-order valence-corrected chi connectivity index (χ2v) is 6.67. The molecule has 0 saturated heterocycles. The molecule has 0 amide bonds. The Kier molecular flexibility index (Phi) is 3.81. The maximum absolute atomic E-state index is 11.0. The van der Waals surface area contributed by atoms with Gasteiger partial charge in [-0.15, -0.1) is 0 Å². The van der Waals surface area contributed by atoms with Gasteiger partial charge in [0.25, 0.3) is 0 Å². The smallest absolute Gasteiger partial charge is 0.125 e. The van der Waals surface area contributed by atoms with E-state index in [1.54, 1.807) is 0 Å². The maximum atomic E-state index is 11.0. The van der Waals surface area contributed by atoms with Crippen molar-refractivity contribution in [1.82, 2.24) is 0 Å². The van der Waals surface area contributed by atoms with Crippen molar-refractivity contribution in [2.45, 2.75) is 53.4 Å². The molecular formula is C16H24O. The summed E-state index contributed by atoms with van der Waals surface area (Å²) >= 11 is 0. The Bertz CT molecular complexity index is 408. The highest BCUT2D eigenvalue weighted by atomic mass is 16.1. The lowest BCUT2D eigenvalue weighted by atomic mass is 9.82. The molecule has 0 N–H and O–H groups in total. The van der Waals surface area contributed by atoms with Crippen LogP contribution < -0.4 is 0 Å². The van der Waals surface area contributed by atoms with Crippen molar-refractivity contribution < 1.29 is 4.79 Å². The van der Waals surface area contributed by atoms with E-state index in [1.807, 2.05) is 13.8 Å². The van der Waals surface area contributed by atoms with Crippen LogP contribution in [0, 0.1) is 12.3 Å². The molecule has 94 valence electrons. The number of aryl methyl sites for hydroxylation is 1. The van der Waals surface area contributed by atoms with E-state index in [4.69, 9.17) is 0 Å². The van der Waals surface area contributed by atoms with Crippen LogP contribution in [0.25, 0.3) is 0 Å². The van der Waals surface area contributed by atoms with Crippen molar-refractivity contribution >= 4 is 6.29 Å². The minimum Gasteiger partial charge on any atom is -0.303 e. The maximum Gasteiger partial charge on any atom is 0.125 e. The number of benzene rings is 1. The quantitative estimate of drug-likeness (QED) is 0.718. The van der Waals surface area contributed by atoms with E-state index < -0.39 is 0 Å². The van der Waals surface area contributed by atoms with Crippen LogP contribution in [0.1, 0.15) is 51.3 Å². The van der Waals surface area contributed by atoms with Crippen molar-refractivity contribution in [3.05, 3.63) is 34.9 Å². The van der Waals surface area contributed by atoms with Crippen LogP contribution >= 0.6 is 0 Å². The molecule has 1 aromatic carbocycles. The molecular weight excluding hydrogens is 208 g/mol. The molecule has 0 aliphatic rings. The van der Waals surface area contributed by atoms with Gasteiger partial charge >= 0.3 is 0 Å². The first-order chi connectivity index (χ1) is 7.65. The summed E-state index contributed by atoms with van der Waals surface area (Å²) < 4.78 is 0. The summed E-state index contributed by atoms with van der Waals surface area (Å²) in [6, 6.07) is 6.60. The summed E-state index contributed by atoms with van der Waals surface area (Å²) in [5, 5.41) is 0. The van der Waals surface area contributed by atoms with Crippen LogP contribution in [-0.2, 0) is 16.6 Å². The number of rotatable bonds is 3. The van der Waals surface area contributed by atoms with Gasteiger partial charge in [-0.1, -0.05) is 52.8 Å². The van der Waals surface area contributed by atoms with Gasteiger partial charge in [0, 0.05) is 5.41 Å². The minimum atomic E-state index is -0.270. The van der Waals surface area contributed by atoms with E-state index in [0.29, 0.717) is 0 Å². The zero-order valence-corrected chi connectivity index (χ0v) is 11.9. The van der Waals surface area contributed by atoms with Crippen molar-refractivity contribution in [2.24, 2.45) is 5.41 Å².